The average Bonchev–Trinajstić information content (AvgIpc) is 3.05. The van der Waals surface area contributed by atoms with Crippen molar-refractivity contribution in [1.82, 2.24) is 0 Å². The summed E-state index contributed by atoms with van der Waals surface area (Å²) in [5, 5.41) is 24.3. The normalized spacial score (nSPS) is 24.1. The summed E-state index contributed by atoms with van der Waals surface area (Å²) in [5.74, 6) is 0.880. The summed E-state index contributed by atoms with van der Waals surface area (Å²) < 4.78 is 0. The van der Waals surface area contributed by atoms with Crippen LogP contribution in [0, 0.1) is 23.0 Å². The Kier molecular flexibility index (Phi) is 3.30. The van der Waals surface area contributed by atoms with E-state index in [0.717, 1.165) is 23.2 Å². The molecule has 122 valence electrons. The van der Waals surface area contributed by atoms with Crippen molar-refractivity contribution in [3.05, 3.63) is 75.4 Å². The number of allylic oxidation sites excluding steroid dienone is 2. The molecule has 0 amide bonds. The van der Waals surface area contributed by atoms with Crippen LogP contribution in [-0.4, -0.2) is 10.0 Å². The predicted molar refractivity (Wildman–Crippen MR) is 92.3 cm³/mol. The fraction of sp³-hybridized carbons (Fsp3) is 0.263. The SMILES string of the molecule is Cc1c([N+](=O)[O-])ccc2c1NC(c1ccc(O)cc1)C1CC=CC21. The summed E-state index contributed by atoms with van der Waals surface area (Å²) in [6, 6.07) is 10.8. The molecule has 5 heteroatoms. The van der Waals surface area contributed by atoms with Crippen LogP contribution in [0.4, 0.5) is 11.4 Å². The van der Waals surface area contributed by atoms with Crippen LogP contribution in [0.15, 0.2) is 48.6 Å². The molecule has 1 aliphatic heterocycles. The molecule has 3 unspecified atom stereocenters. The molecular weight excluding hydrogens is 304 g/mol. The van der Waals surface area contributed by atoms with Gasteiger partial charge in [-0.2, -0.15) is 0 Å². The summed E-state index contributed by atoms with van der Waals surface area (Å²) in [6.07, 6.45) is 5.37. The molecular formula is C19H18N2O3. The molecule has 24 heavy (non-hydrogen) atoms. The first-order valence-electron chi connectivity index (χ1n) is 8.06. The molecule has 0 radical (unpaired) electrons. The smallest absolute Gasteiger partial charge is 0.274 e. The van der Waals surface area contributed by atoms with Gasteiger partial charge in [0.05, 0.1) is 16.5 Å². The molecule has 2 N–H and O–H groups in total. The Bertz CT molecular complexity index is 842. The highest BCUT2D eigenvalue weighted by molar-refractivity contribution is 5.69. The van der Waals surface area contributed by atoms with Crippen LogP contribution in [0.1, 0.15) is 35.1 Å². The van der Waals surface area contributed by atoms with E-state index in [-0.39, 0.29) is 28.3 Å². The zero-order valence-electron chi connectivity index (χ0n) is 13.3. The van der Waals surface area contributed by atoms with Gasteiger partial charge in [0.25, 0.3) is 5.69 Å². The highest BCUT2D eigenvalue weighted by Gasteiger charge is 2.39. The van der Waals surface area contributed by atoms with Crippen LogP contribution < -0.4 is 5.32 Å². The van der Waals surface area contributed by atoms with Gasteiger partial charge >= 0.3 is 0 Å². The third-order valence-corrected chi connectivity index (χ3v) is 5.22. The number of phenols is 1. The van der Waals surface area contributed by atoms with Crippen LogP contribution in [0.2, 0.25) is 0 Å². The van der Waals surface area contributed by atoms with Crippen LogP contribution in [0.25, 0.3) is 0 Å². The molecule has 2 aromatic rings. The third-order valence-electron chi connectivity index (χ3n) is 5.22. The van der Waals surface area contributed by atoms with Crippen LogP contribution in [0.3, 0.4) is 0 Å². The number of hydrogen-bond donors (Lipinski definition) is 2. The van der Waals surface area contributed by atoms with Crippen molar-refractivity contribution < 1.29 is 10.0 Å². The number of rotatable bonds is 2. The number of benzene rings is 2. The molecule has 4 rings (SSSR count). The lowest BCUT2D eigenvalue weighted by molar-refractivity contribution is -0.385. The van der Waals surface area contributed by atoms with E-state index in [9.17, 15) is 15.2 Å². The molecule has 0 spiro atoms. The van der Waals surface area contributed by atoms with E-state index in [0.29, 0.717) is 11.5 Å². The lowest BCUT2D eigenvalue weighted by Crippen LogP contribution is -2.29. The molecule has 5 nitrogen and oxygen atoms in total. The highest BCUT2D eigenvalue weighted by atomic mass is 16.6. The molecule has 1 aliphatic carbocycles. The largest absolute Gasteiger partial charge is 0.508 e. The van der Waals surface area contributed by atoms with Crippen molar-refractivity contribution in [2.75, 3.05) is 5.32 Å². The lowest BCUT2D eigenvalue weighted by atomic mass is 9.76. The predicted octanol–water partition coefficient (Wildman–Crippen LogP) is 4.44. The zero-order chi connectivity index (χ0) is 16.8. The van der Waals surface area contributed by atoms with E-state index in [2.05, 4.69) is 17.5 Å². The van der Waals surface area contributed by atoms with Crippen LogP contribution in [-0.2, 0) is 0 Å². The number of nitrogens with zero attached hydrogens (tertiary/aromatic N) is 1. The monoisotopic (exact) mass is 322 g/mol. The molecule has 0 saturated heterocycles. The van der Waals surface area contributed by atoms with E-state index in [1.165, 1.54) is 0 Å². The van der Waals surface area contributed by atoms with Crippen LogP contribution in [0.5, 0.6) is 5.75 Å². The average molecular weight is 322 g/mol. The topological polar surface area (TPSA) is 75.4 Å². The maximum absolute atomic E-state index is 11.3. The Hall–Kier alpha value is -2.82. The Labute approximate surface area is 139 Å². The Morgan fingerprint density at radius 1 is 1.21 bits per heavy atom. The number of nitro groups is 1. The number of nitrogens with one attached hydrogen (secondary N) is 1. The van der Waals surface area contributed by atoms with Crippen molar-refractivity contribution in [2.24, 2.45) is 5.92 Å². The number of phenolic OH excluding ortho intramolecular Hbond substituents is 1. The summed E-state index contributed by atoms with van der Waals surface area (Å²) in [5.41, 5.74) is 3.91. The summed E-state index contributed by atoms with van der Waals surface area (Å²) in [4.78, 5) is 10.9. The van der Waals surface area contributed by atoms with Gasteiger partial charge in [-0.05, 0) is 48.6 Å². The first-order chi connectivity index (χ1) is 11.6. The maximum atomic E-state index is 11.3. The number of hydrogen-bond acceptors (Lipinski definition) is 4. The molecule has 0 fully saturated rings. The van der Waals surface area contributed by atoms with E-state index < -0.39 is 0 Å². The Balaban J connectivity index is 1.83. The quantitative estimate of drug-likeness (QED) is 0.487. The molecule has 0 saturated carbocycles. The minimum Gasteiger partial charge on any atom is -0.508 e. The number of anilines is 1. The van der Waals surface area contributed by atoms with Crippen molar-refractivity contribution in [3.8, 4) is 5.75 Å². The van der Waals surface area contributed by atoms with E-state index >= 15 is 0 Å². The molecule has 0 aromatic heterocycles. The van der Waals surface area contributed by atoms with Gasteiger partial charge in [-0.25, -0.2) is 0 Å². The minimum absolute atomic E-state index is 0.0683. The van der Waals surface area contributed by atoms with Crippen LogP contribution >= 0.6 is 0 Å². The van der Waals surface area contributed by atoms with E-state index in [1.54, 1.807) is 25.1 Å². The molecule has 3 atom stereocenters. The van der Waals surface area contributed by atoms with Gasteiger partial charge in [-0.1, -0.05) is 24.3 Å². The van der Waals surface area contributed by atoms with E-state index in [1.807, 2.05) is 18.2 Å². The van der Waals surface area contributed by atoms with Gasteiger partial charge in [0, 0.05) is 17.7 Å². The number of fused-ring (bicyclic) bond motifs is 3. The molecule has 0 bridgehead atoms. The number of aromatic hydroxyl groups is 1. The fourth-order valence-electron chi connectivity index (χ4n) is 4.01. The second kappa shape index (κ2) is 5.37. The first kappa shape index (κ1) is 14.8. The Morgan fingerprint density at radius 3 is 2.67 bits per heavy atom. The third kappa shape index (κ3) is 2.16. The summed E-state index contributed by atoms with van der Waals surface area (Å²) in [7, 11) is 0. The standard InChI is InChI=1S/C19H18N2O3/c1-11-17(21(23)24)10-9-16-14-3-2-4-15(14)19(20-18(11)16)12-5-7-13(22)8-6-12/h2-3,5-10,14-15,19-20,22H,4H2,1H3. The van der Waals surface area contributed by atoms with Gasteiger partial charge in [0.1, 0.15) is 5.75 Å². The van der Waals surface area contributed by atoms with Crippen molar-refractivity contribution in [2.45, 2.75) is 25.3 Å². The first-order valence-corrected chi connectivity index (χ1v) is 8.06. The maximum Gasteiger partial charge on any atom is 0.274 e. The minimum atomic E-state index is -0.330. The summed E-state index contributed by atoms with van der Waals surface area (Å²) >= 11 is 0. The van der Waals surface area contributed by atoms with Gasteiger partial charge in [0.15, 0.2) is 0 Å². The summed E-state index contributed by atoms with van der Waals surface area (Å²) in [6.45, 7) is 1.80. The van der Waals surface area contributed by atoms with Gasteiger partial charge in [0.2, 0.25) is 0 Å². The van der Waals surface area contributed by atoms with Crippen molar-refractivity contribution in [3.63, 3.8) is 0 Å². The molecule has 2 aliphatic rings. The fourth-order valence-corrected chi connectivity index (χ4v) is 4.01. The highest BCUT2D eigenvalue weighted by Crippen LogP contribution is 2.51. The molecule has 1 heterocycles. The molecule has 2 aromatic carbocycles. The van der Waals surface area contributed by atoms with E-state index in [4.69, 9.17) is 0 Å². The zero-order valence-corrected chi connectivity index (χ0v) is 13.3. The second-order valence-electron chi connectivity index (χ2n) is 6.50. The van der Waals surface area contributed by atoms with Crippen molar-refractivity contribution in [1.29, 1.82) is 0 Å². The number of nitro benzene ring substituents is 1. The second-order valence-corrected chi connectivity index (χ2v) is 6.50. The Morgan fingerprint density at radius 2 is 1.96 bits per heavy atom. The lowest BCUT2D eigenvalue weighted by Gasteiger charge is -2.38. The van der Waals surface area contributed by atoms with Gasteiger partial charge in [-0.15, -0.1) is 0 Å². The van der Waals surface area contributed by atoms with Gasteiger partial charge < -0.3 is 10.4 Å². The van der Waals surface area contributed by atoms with Gasteiger partial charge in [-0.3, -0.25) is 10.1 Å². The van der Waals surface area contributed by atoms with Crippen molar-refractivity contribution >= 4 is 11.4 Å².